The van der Waals surface area contributed by atoms with Crippen LogP contribution in [-0.4, -0.2) is 38.7 Å². The molecule has 0 aliphatic carbocycles. The van der Waals surface area contributed by atoms with Crippen LogP contribution in [0.3, 0.4) is 0 Å². The van der Waals surface area contributed by atoms with E-state index in [-0.39, 0.29) is 17.2 Å². The lowest BCUT2D eigenvalue weighted by Crippen LogP contribution is -2.42. The molecule has 1 saturated heterocycles. The first kappa shape index (κ1) is 16.9. The molecule has 2 rings (SSSR count). The maximum atomic E-state index is 12.5. The molecule has 0 spiro atoms. The van der Waals surface area contributed by atoms with Gasteiger partial charge >= 0.3 is 5.97 Å². The second-order valence-electron chi connectivity index (χ2n) is 5.44. The number of hydrogen-bond acceptors (Lipinski definition) is 4. The number of sulfonamides is 1. The summed E-state index contributed by atoms with van der Waals surface area (Å²) in [6, 6.07) is 5.49. The van der Waals surface area contributed by atoms with E-state index in [4.69, 9.17) is 4.74 Å². The zero-order valence-corrected chi connectivity index (χ0v) is 13.3. The van der Waals surface area contributed by atoms with Gasteiger partial charge in [0.1, 0.15) is 6.04 Å². The minimum absolute atomic E-state index is 0.0743. The smallest absolute Gasteiger partial charge is 0.321 e. The molecule has 0 aromatic heterocycles. The summed E-state index contributed by atoms with van der Waals surface area (Å²) in [6.07, 6.45) is 1.56. The molecule has 1 aromatic carbocycles. The van der Waals surface area contributed by atoms with Crippen molar-refractivity contribution < 1.29 is 23.1 Å². The fourth-order valence-electron chi connectivity index (χ4n) is 2.61. The number of carboxylic acid groups (broad SMARTS) is 1. The zero-order chi connectivity index (χ0) is 16.2. The predicted octanol–water partition coefficient (Wildman–Crippen LogP) is 1.41. The highest BCUT2D eigenvalue weighted by molar-refractivity contribution is 7.89. The molecule has 7 heteroatoms. The number of hydrogen-bond donors (Lipinski definition) is 2. The Labute approximate surface area is 130 Å². The van der Waals surface area contributed by atoms with Gasteiger partial charge in [0, 0.05) is 13.2 Å². The standard InChI is InChI=1S/C15H21NO5S/c1-2-12-5-3-4-6-14(12)22(19,20)16-13(15(17)18)9-11-7-8-21-10-11/h3-6,11,13,16H,2,7-10H2,1H3,(H,17,18). The van der Waals surface area contributed by atoms with E-state index in [2.05, 4.69) is 4.72 Å². The highest BCUT2D eigenvalue weighted by Gasteiger charge is 2.30. The van der Waals surface area contributed by atoms with Crippen molar-refractivity contribution in [3.63, 3.8) is 0 Å². The third kappa shape index (κ3) is 4.06. The largest absolute Gasteiger partial charge is 0.480 e. The Balaban J connectivity index is 2.18. The van der Waals surface area contributed by atoms with Crippen LogP contribution >= 0.6 is 0 Å². The summed E-state index contributed by atoms with van der Waals surface area (Å²) in [7, 11) is -3.86. The van der Waals surface area contributed by atoms with Crippen LogP contribution in [0.5, 0.6) is 0 Å². The van der Waals surface area contributed by atoms with Gasteiger partial charge in [0.2, 0.25) is 10.0 Å². The number of aliphatic carboxylic acids is 1. The van der Waals surface area contributed by atoms with Crippen LogP contribution in [0.1, 0.15) is 25.3 Å². The molecule has 1 aromatic rings. The normalized spacial score (nSPS) is 20.0. The van der Waals surface area contributed by atoms with Crippen molar-refractivity contribution in [3.05, 3.63) is 29.8 Å². The van der Waals surface area contributed by atoms with Gasteiger partial charge in [-0.2, -0.15) is 4.72 Å². The van der Waals surface area contributed by atoms with E-state index in [0.717, 1.165) is 6.42 Å². The summed E-state index contributed by atoms with van der Waals surface area (Å²) in [6.45, 7) is 2.94. The van der Waals surface area contributed by atoms with Crippen molar-refractivity contribution in [3.8, 4) is 0 Å². The van der Waals surface area contributed by atoms with Gasteiger partial charge in [-0.15, -0.1) is 0 Å². The second-order valence-corrected chi connectivity index (χ2v) is 7.12. The van der Waals surface area contributed by atoms with E-state index in [1.54, 1.807) is 18.2 Å². The Morgan fingerprint density at radius 2 is 2.18 bits per heavy atom. The van der Waals surface area contributed by atoms with E-state index in [1.807, 2.05) is 6.92 Å². The Bertz CT molecular complexity index is 623. The molecular weight excluding hydrogens is 306 g/mol. The first-order chi connectivity index (χ1) is 10.4. The predicted molar refractivity (Wildman–Crippen MR) is 81.1 cm³/mol. The number of nitrogens with one attached hydrogen (secondary N) is 1. The summed E-state index contributed by atoms with van der Waals surface area (Å²) in [5, 5.41) is 9.30. The number of ether oxygens (including phenoxy) is 1. The summed E-state index contributed by atoms with van der Waals surface area (Å²) < 4.78 is 32.5. The fourth-order valence-corrected chi connectivity index (χ4v) is 4.12. The second kappa shape index (κ2) is 7.21. The number of aryl methyl sites for hydroxylation is 1. The maximum Gasteiger partial charge on any atom is 0.321 e. The van der Waals surface area contributed by atoms with Crippen LogP contribution in [-0.2, 0) is 26.0 Å². The molecule has 0 saturated carbocycles. The van der Waals surface area contributed by atoms with Crippen molar-refractivity contribution in [1.82, 2.24) is 4.72 Å². The summed E-state index contributed by atoms with van der Waals surface area (Å²) in [5.41, 5.74) is 0.670. The number of rotatable bonds is 7. The van der Waals surface area contributed by atoms with Gasteiger partial charge in [-0.3, -0.25) is 4.79 Å². The average Bonchev–Trinajstić information content (AvgIpc) is 2.99. The van der Waals surface area contributed by atoms with Crippen LogP contribution < -0.4 is 4.72 Å². The minimum atomic E-state index is -3.86. The van der Waals surface area contributed by atoms with E-state index >= 15 is 0 Å². The Kier molecular flexibility index (Phi) is 5.55. The number of benzene rings is 1. The van der Waals surface area contributed by atoms with Gasteiger partial charge < -0.3 is 9.84 Å². The van der Waals surface area contributed by atoms with Gasteiger partial charge in [-0.25, -0.2) is 8.42 Å². The van der Waals surface area contributed by atoms with E-state index in [9.17, 15) is 18.3 Å². The first-order valence-electron chi connectivity index (χ1n) is 7.35. The van der Waals surface area contributed by atoms with Crippen molar-refractivity contribution in [2.45, 2.75) is 37.1 Å². The molecule has 122 valence electrons. The third-order valence-corrected chi connectivity index (χ3v) is 5.40. The topological polar surface area (TPSA) is 92.7 Å². The van der Waals surface area contributed by atoms with Crippen LogP contribution in [0.2, 0.25) is 0 Å². The lowest BCUT2D eigenvalue weighted by atomic mass is 10.00. The zero-order valence-electron chi connectivity index (χ0n) is 12.5. The summed E-state index contributed by atoms with van der Waals surface area (Å²) in [4.78, 5) is 11.5. The number of carbonyl (C=O) groups is 1. The summed E-state index contributed by atoms with van der Waals surface area (Å²) >= 11 is 0. The summed E-state index contributed by atoms with van der Waals surface area (Å²) in [5.74, 6) is -1.09. The maximum absolute atomic E-state index is 12.5. The number of carboxylic acids is 1. The van der Waals surface area contributed by atoms with Crippen molar-refractivity contribution in [2.24, 2.45) is 5.92 Å². The van der Waals surface area contributed by atoms with Crippen LogP contribution in [0.25, 0.3) is 0 Å². The van der Waals surface area contributed by atoms with Crippen molar-refractivity contribution in [2.75, 3.05) is 13.2 Å². The lowest BCUT2D eigenvalue weighted by Gasteiger charge is -2.18. The van der Waals surface area contributed by atoms with E-state index < -0.39 is 22.0 Å². The highest BCUT2D eigenvalue weighted by Crippen LogP contribution is 2.21. The molecule has 0 amide bonds. The van der Waals surface area contributed by atoms with Crippen molar-refractivity contribution >= 4 is 16.0 Å². The molecule has 1 fully saturated rings. The van der Waals surface area contributed by atoms with Crippen LogP contribution in [0.4, 0.5) is 0 Å². The van der Waals surface area contributed by atoms with Gasteiger partial charge in [-0.1, -0.05) is 25.1 Å². The molecule has 0 radical (unpaired) electrons. The highest BCUT2D eigenvalue weighted by atomic mass is 32.2. The molecule has 1 aliphatic heterocycles. The Morgan fingerprint density at radius 1 is 1.45 bits per heavy atom. The van der Waals surface area contributed by atoms with Gasteiger partial charge in [0.15, 0.2) is 0 Å². The van der Waals surface area contributed by atoms with Crippen LogP contribution in [0, 0.1) is 5.92 Å². The monoisotopic (exact) mass is 327 g/mol. The minimum Gasteiger partial charge on any atom is -0.480 e. The molecule has 2 N–H and O–H groups in total. The lowest BCUT2D eigenvalue weighted by molar-refractivity contribution is -0.139. The molecule has 1 aliphatic rings. The Hall–Kier alpha value is -1.44. The molecule has 2 unspecified atom stereocenters. The SMILES string of the molecule is CCc1ccccc1S(=O)(=O)NC(CC1CCOC1)C(=O)O. The molecule has 6 nitrogen and oxygen atoms in total. The third-order valence-electron chi connectivity index (χ3n) is 3.83. The first-order valence-corrected chi connectivity index (χ1v) is 8.83. The molecular formula is C15H21NO5S. The van der Waals surface area contributed by atoms with Crippen molar-refractivity contribution in [1.29, 1.82) is 0 Å². The van der Waals surface area contributed by atoms with Gasteiger partial charge in [0.25, 0.3) is 0 Å². The quantitative estimate of drug-likeness (QED) is 0.790. The molecule has 22 heavy (non-hydrogen) atoms. The molecule has 1 heterocycles. The van der Waals surface area contributed by atoms with Gasteiger partial charge in [-0.05, 0) is 36.8 Å². The van der Waals surface area contributed by atoms with Gasteiger partial charge in [0.05, 0.1) is 4.90 Å². The Morgan fingerprint density at radius 3 is 2.77 bits per heavy atom. The average molecular weight is 327 g/mol. The molecule has 0 bridgehead atoms. The van der Waals surface area contributed by atoms with E-state index in [1.165, 1.54) is 6.07 Å². The molecule has 2 atom stereocenters. The van der Waals surface area contributed by atoms with E-state index in [0.29, 0.717) is 25.2 Å². The fraction of sp³-hybridized carbons (Fsp3) is 0.533. The van der Waals surface area contributed by atoms with Crippen LogP contribution in [0.15, 0.2) is 29.2 Å².